The molecule has 3 aliphatic rings. The Balaban J connectivity index is 1.31. The summed E-state index contributed by atoms with van der Waals surface area (Å²) in [4.78, 5) is 87.1. The number of anilines is 2. The molecule has 5 rings (SSSR count). The average Bonchev–Trinajstić information content (AvgIpc) is 3.61. The number of carboxylic acids is 2. The number of thioether (sulfide) groups is 1. The van der Waals surface area contributed by atoms with Crippen LogP contribution in [-0.4, -0.2) is 97.4 Å². The maximum atomic E-state index is 13.3. The van der Waals surface area contributed by atoms with Crippen LogP contribution in [0.4, 0.5) is 10.8 Å². The zero-order valence-corrected chi connectivity index (χ0v) is 27.4. The molecule has 2 fully saturated rings. The zero-order chi connectivity index (χ0) is 34.9. The number of aliphatic carboxylic acids is 1. The number of β-lactam (4-membered cyclic amide) rings is 1. The quantitative estimate of drug-likeness (QED) is 0.0909. The molecule has 0 aliphatic carbocycles. The highest BCUT2D eigenvalue weighted by atomic mass is 32.2. The van der Waals surface area contributed by atoms with E-state index in [9.17, 15) is 33.9 Å². The van der Waals surface area contributed by atoms with E-state index in [1.165, 1.54) is 52.4 Å². The molecule has 0 saturated carbocycles. The van der Waals surface area contributed by atoms with Crippen LogP contribution in [0.3, 0.4) is 0 Å². The summed E-state index contributed by atoms with van der Waals surface area (Å²) >= 11 is 2.23. The van der Waals surface area contributed by atoms with Gasteiger partial charge in [0.25, 0.3) is 17.7 Å². The van der Waals surface area contributed by atoms with E-state index in [4.69, 9.17) is 20.4 Å². The number of hydrogen-bond donors (Lipinski definition) is 4. The Labute approximate surface area is 281 Å². The fraction of sp³-hybridized carbons (Fsp3) is 0.333. The number of benzene rings is 1. The Bertz CT molecular complexity index is 1790. The van der Waals surface area contributed by atoms with Gasteiger partial charge >= 0.3 is 17.9 Å². The van der Waals surface area contributed by atoms with Gasteiger partial charge in [-0.2, -0.15) is 0 Å². The minimum atomic E-state index is -1.38. The highest BCUT2D eigenvalue weighted by Gasteiger charge is 2.54. The normalized spacial score (nSPS) is 20.4. The van der Waals surface area contributed by atoms with Crippen LogP contribution in [0.25, 0.3) is 0 Å². The lowest BCUT2D eigenvalue weighted by atomic mass is 10.0. The van der Waals surface area contributed by atoms with Crippen LogP contribution in [0.15, 0.2) is 57.7 Å². The summed E-state index contributed by atoms with van der Waals surface area (Å²) < 4.78 is 5.16. The largest absolute Gasteiger partial charge is 0.478 e. The number of hydrogen-bond acceptors (Lipinski definition) is 13. The fourth-order valence-electron chi connectivity index (χ4n) is 5.07. The molecule has 1 aromatic carbocycles. The van der Waals surface area contributed by atoms with Crippen molar-refractivity contribution in [1.82, 2.24) is 15.2 Å². The van der Waals surface area contributed by atoms with Crippen molar-refractivity contribution >= 4 is 75.3 Å². The second-order valence-corrected chi connectivity index (χ2v) is 13.6. The van der Waals surface area contributed by atoms with Gasteiger partial charge in [0, 0.05) is 28.9 Å². The van der Waals surface area contributed by atoms with Gasteiger partial charge < -0.3 is 35.7 Å². The fourth-order valence-corrected chi connectivity index (χ4v) is 6.93. The minimum Gasteiger partial charge on any atom is -0.478 e. The number of allylic oxidation sites excluding steroid dienone is 1. The molecular weight excluding hydrogens is 668 g/mol. The minimum absolute atomic E-state index is 0.0345. The molecule has 2 saturated heterocycles. The van der Waals surface area contributed by atoms with E-state index < -0.39 is 53.3 Å². The summed E-state index contributed by atoms with van der Waals surface area (Å²) in [6.45, 7) is 4.71. The Morgan fingerprint density at radius 3 is 2.46 bits per heavy atom. The summed E-state index contributed by atoms with van der Waals surface area (Å²) in [7, 11) is 0. The maximum Gasteiger partial charge on any atom is 0.352 e. The van der Waals surface area contributed by atoms with Crippen molar-refractivity contribution in [3.05, 3.63) is 63.8 Å². The predicted molar refractivity (Wildman–Crippen MR) is 173 cm³/mol. The molecule has 1 aromatic heterocycles. The van der Waals surface area contributed by atoms with Gasteiger partial charge in [-0.15, -0.1) is 23.1 Å². The lowest BCUT2D eigenvalue weighted by Gasteiger charge is -2.49. The maximum absolute atomic E-state index is 13.3. The van der Waals surface area contributed by atoms with E-state index in [0.29, 0.717) is 24.2 Å². The number of nitrogens with one attached hydrogen (secondary N) is 1. The molecule has 48 heavy (non-hydrogen) atoms. The monoisotopic (exact) mass is 698 g/mol. The Morgan fingerprint density at radius 2 is 1.85 bits per heavy atom. The first-order valence-electron chi connectivity index (χ1n) is 14.4. The van der Waals surface area contributed by atoms with Gasteiger partial charge in [-0.25, -0.2) is 19.4 Å². The second kappa shape index (κ2) is 13.5. The van der Waals surface area contributed by atoms with E-state index >= 15 is 0 Å². The molecule has 2 aromatic rings. The smallest absolute Gasteiger partial charge is 0.352 e. The number of carboxylic acid groups (broad SMARTS) is 2. The number of aromatic carboxylic acids is 1. The standard InChI is InChI=1S/C30H30N6O10S2/c1-30(2,3)46-19(37)11-45-34-20(18-13-48-29(31)32-18)23(38)33-21-25(40)36-22(28(43)44)16(12-47-26(21)36)10-15-8-9-35(24(15)39)17-6-4-14(5-7-17)27(41)42/h4-7,10,13,21,26H,8-9,11-12H2,1-3H3,(H2,31,32)(H,33,38)(H,41,42)(H,43,44). The second-order valence-electron chi connectivity index (χ2n) is 11.6. The number of amides is 3. The molecule has 4 heterocycles. The number of carbonyl (C=O) groups excluding carboxylic acids is 4. The highest BCUT2D eigenvalue weighted by Crippen LogP contribution is 2.41. The van der Waals surface area contributed by atoms with E-state index in [1.54, 1.807) is 20.8 Å². The lowest BCUT2D eigenvalue weighted by Crippen LogP contribution is -2.71. The summed E-state index contributed by atoms with van der Waals surface area (Å²) in [5.74, 6) is -5.02. The number of rotatable bonds is 10. The molecule has 16 nitrogen and oxygen atoms in total. The third kappa shape index (κ3) is 7.18. The van der Waals surface area contributed by atoms with Crippen LogP contribution >= 0.6 is 23.1 Å². The number of nitrogens with two attached hydrogens (primary N) is 1. The number of nitrogen functional groups attached to an aromatic ring is 1. The molecule has 3 amide bonds. The Kier molecular flexibility index (Phi) is 9.58. The third-order valence-electron chi connectivity index (χ3n) is 7.12. The van der Waals surface area contributed by atoms with Gasteiger partial charge in [-0.1, -0.05) is 5.16 Å². The van der Waals surface area contributed by atoms with Crippen LogP contribution in [0.5, 0.6) is 0 Å². The van der Waals surface area contributed by atoms with Crippen molar-refractivity contribution in [3.8, 4) is 0 Å². The average molecular weight is 699 g/mol. The van der Waals surface area contributed by atoms with E-state index in [2.05, 4.69) is 15.5 Å². The van der Waals surface area contributed by atoms with Crippen molar-refractivity contribution in [2.75, 3.05) is 29.5 Å². The van der Waals surface area contributed by atoms with Crippen LogP contribution < -0.4 is 16.0 Å². The summed E-state index contributed by atoms with van der Waals surface area (Å²) in [5, 5.41) is 26.3. The first kappa shape index (κ1) is 34.1. The molecule has 3 aliphatic heterocycles. The van der Waals surface area contributed by atoms with Crippen LogP contribution in [0, 0.1) is 0 Å². The van der Waals surface area contributed by atoms with Gasteiger partial charge in [-0.3, -0.25) is 19.3 Å². The van der Waals surface area contributed by atoms with Crippen molar-refractivity contribution in [2.45, 2.75) is 44.2 Å². The van der Waals surface area contributed by atoms with Gasteiger partial charge in [0.1, 0.15) is 28.4 Å². The zero-order valence-electron chi connectivity index (χ0n) is 25.8. The molecular formula is C30H30N6O10S2. The van der Waals surface area contributed by atoms with Crippen molar-refractivity contribution < 1.29 is 48.6 Å². The number of aromatic nitrogens is 1. The number of esters is 1. The molecule has 2 atom stereocenters. The SMILES string of the molecule is CC(C)(C)OC(=O)CON=C(C(=O)NC1C(=O)N2C(C(=O)O)=C(C=C3CCN(c4ccc(C(=O)O)cc4)C3=O)CSC12)c1csc(N)n1. The highest BCUT2D eigenvalue weighted by molar-refractivity contribution is 8.00. The number of carbonyl (C=O) groups is 6. The lowest BCUT2D eigenvalue weighted by molar-refractivity contribution is -0.160. The first-order valence-corrected chi connectivity index (χ1v) is 16.3. The van der Waals surface area contributed by atoms with Gasteiger partial charge in [0.2, 0.25) is 6.61 Å². The molecule has 252 valence electrons. The third-order valence-corrected chi connectivity index (χ3v) is 9.10. The Hall–Kier alpha value is -5.23. The van der Waals surface area contributed by atoms with Crippen molar-refractivity contribution in [2.24, 2.45) is 5.16 Å². The molecule has 0 radical (unpaired) electrons. The van der Waals surface area contributed by atoms with Gasteiger partial charge in [0.15, 0.2) is 10.8 Å². The van der Waals surface area contributed by atoms with E-state index in [0.717, 1.165) is 16.2 Å². The molecule has 2 unspecified atom stereocenters. The summed E-state index contributed by atoms with van der Waals surface area (Å²) in [6, 6.07) is 4.69. The van der Waals surface area contributed by atoms with Crippen molar-refractivity contribution in [1.29, 1.82) is 0 Å². The Morgan fingerprint density at radius 1 is 1.15 bits per heavy atom. The topological polar surface area (TPSA) is 231 Å². The summed E-state index contributed by atoms with van der Waals surface area (Å²) in [5.41, 5.74) is 5.47. The number of thiazole rings is 1. The van der Waals surface area contributed by atoms with Crippen LogP contribution in [0.2, 0.25) is 0 Å². The number of fused-ring (bicyclic) bond motifs is 1. The summed E-state index contributed by atoms with van der Waals surface area (Å²) in [6.07, 6.45) is 1.77. The number of nitrogens with zero attached hydrogens (tertiary/aromatic N) is 4. The molecule has 5 N–H and O–H groups in total. The number of ether oxygens (including phenoxy) is 1. The molecule has 0 spiro atoms. The first-order chi connectivity index (χ1) is 22.6. The van der Waals surface area contributed by atoms with E-state index in [-0.39, 0.29) is 45.0 Å². The molecule has 18 heteroatoms. The van der Waals surface area contributed by atoms with Crippen LogP contribution in [0.1, 0.15) is 43.2 Å². The van der Waals surface area contributed by atoms with E-state index in [1.807, 2.05) is 0 Å². The predicted octanol–water partition coefficient (Wildman–Crippen LogP) is 1.59. The van der Waals surface area contributed by atoms with Gasteiger partial charge in [0.05, 0.1) is 5.56 Å². The molecule has 0 bridgehead atoms. The van der Waals surface area contributed by atoms with Crippen molar-refractivity contribution in [3.63, 3.8) is 0 Å². The van der Waals surface area contributed by atoms with Crippen LogP contribution in [-0.2, 0) is 33.5 Å². The van der Waals surface area contributed by atoms with Gasteiger partial charge in [-0.05, 0) is 63.1 Å². The number of oxime groups is 1.